The van der Waals surface area contributed by atoms with Gasteiger partial charge in [-0.3, -0.25) is 4.79 Å². The molecule has 0 fully saturated rings. The molecule has 1 aliphatic rings. The van der Waals surface area contributed by atoms with Crippen molar-refractivity contribution in [1.29, 1.82) is 0 Å². The first-order valence-electron chi connectivity index (χ1n) is 7.48. The van der Waals surface area contributed by atoms with Crippen LogP contribution < -0.4 is 14.8 Å². The number of benzene rings is 2. The standard InChI is InChI=1S/C17H12ClN3O4/c18-13-8-15-14(23-4-5-24-15)7-12(13)16(22)20-11-3-1-2-10(6-11)17-21-19-9-25-17/h1-3,6-9H,4-5H2,(H,20,22). The van der Waals surface area contributed by atoms with E-state index in [0.717, 1.165) is 0 Å². The molecule has 0 unspecified atom stereocenters. The summed E-state index contributed by atoms with van der Waals surface area (Å²) >= 11 is 6.21. The predicted octanol–water partition coefficient (Wildman–Crippen LogP) is 3.41. The van der Waals surface area contributed by atoms with Crippen LogP contribution in [0.5, 0.6) is 11.5 Å². The predicted molar refractivity (Wildman–Crippen MR) is 90.1 cm³/mol. The normalized spacial score (nSPS) is 12.7. The van der Waals surface area contributed by atoms with Gasteiger partial charge < -0.3 is 19.2 Å². The van der Waals surface area contributed by atoms with Gasteiger partial charge in [0.25, 0.3) is 5.91 Å². The number of aromatic nitrogens is 2. The lowest BCUT2D eigenvalue weighted by Gasteiger charge is -2.19. The van der Waals surface area contributed by atoms with E-state index in [1.54, 1.807) is 36.4 Å². The number of amides is 1. The highest BCUT2D eigenvalue weighted by atomic mass is 35.5. The number of carbonyl (C=O) groups excluding carboxylic acids is 1. The van der Waals surface area contributed by atoms with Crippen molar-refractivity contribution < 1.29 is 18.7 Å². The first-order chi connectivity index (χ1) is 12.2. The van der Waals surface area contributed by atoms with Crippen LogP contribution in [0.4, 0.5) is 5.69 Å². The zero-order chi connectivity index (χ0) is 17.2. The van der Waals surface area contributed by atoms with Crippen molar-refractivity contribution in [3.8, 4) is 23.0 Å². The summed E-state index contributed by atoms with van der Waals surface area (Å²) in [5, 5.41) is 10.6. The fourth-order valence-electron chi connectivity index (χ4n) is 2.47. The van der Waals surface area contributed by atoms with E-state index in [4.69, 9.17) is 25.5 Å². The van der Waals surface area contributed by atoms with Gasteiger partial charge in [-0.1, -0.05) is 17.7 Å². The summed E-state index contributed by atoms with van der Waals surface area (Å²) in [6, 6.07) is 10.2. The number of nitrogens with one attached hydrogen (secondary N) is 1. The third-order valence-corrected chi connectivity index (χ3v) is 3.92. The lowest BCUT2D eigenvalue weighted by molar-refractivity contribution is 0.102. The third kappa shape index (κ3) is 3.14. The van der Waals surface area contributed by atoms with E-state index < -0.39 is 0 Å². The first kappa shape index (κ1) is 15.5. The van der Waals surface area contributed by atoms with E-state index in [2.05, 4.69) is 15.5 Å². The smallest absolute Gasteiger partial charge is 0.257 e. The van der Waals surface area contributed by atoms with Crippen molar-refractivity contribution in [1.82, 2.24) is 10.2 Å². The molecule has 0 bridgehead atoms. The number of nitrogens with zero attached hydrogens (tertiary/aromatic N) is 2. The monoisotopic (exact) mass is 357 g/mol. The lowest BCUT2D eigenvalue weighted by Crippen LogP contribution is -2.17. The van der Waals surface area contributed by atoms with Crippen LogP contribution in [0.2, 0.25) is 5.02 Å². The summed E-state index contributed by atoms with van der Waals surface area (Å²) in [4.78, 5) is 12.6. The van der Waals surface area contributed by atoms with Crippen LogP contribution in [0.25, 0.3) is 11.5 Å². The number of fused-ring (bicyclic) bond motifs is 1. The second kappa shape index (κ2) is 6.45. The van der Waals surface area contributed by atoms with Crippen molar-refractivity contribution in [2.24, 2.45) is 0 Å². The molecule has 126 valence electrons. The Morgan fingerprint density at radius 1 is 1.12 bits per heavy atom. The average Bonchev–Trinajstić information content (AvgIpc) is 3.16. The molecule has 2 aromatic carbocycles. The molecule has 7 nitrogen and oxygen atoms in total. The Hall–Kier alpha value is -3.06. The van der Waals surface area contributed by atoms with Crippen molar-refractivity contribution >= 4 is 23.2 Å². The van der Waals surface area contributed by atoms with Gasteiger partial charge in [0.1, 0.15) is 13.2 Å². The van der Waals surface area contributed by atoms with Crippen LogP contribution in [0.3, 0.4) is 0 Å². The molecule has 2 heterocycles. The van der Waals surface area contributed by atoms with Crippen LogP contribution in [-0.4, -0.2) is 29.3 Å². The number of rotatable bonds is 3. The average molecular weight is 358 g/mol. The van der Waals surface area contributed by atoms with Crippen molar-refractivity contribution in [3.63, 3.8) is 0 Å². The van der Waals surface area contributed by atoms with Gasteiger partial charge in [-0.25, -0.2) is 0 Å². The van der Waals surface area contributed by atoms with Gasteiger partial charge in [-0.15, -0.1) is 10.2 Å². The summed E-state index contributed by atoms with van der Waals surface area (Å²) in [5.41, 5.74) is 1.57. The fraction of sp³-hybridized carbons (Fsp3) is 0.118. The topological polar surface area (TPSA) is 86.5 Å². The Kier molecular flexibility index (Phi) is 3.99. The lowest BCUT2D eigenvalue weighted by atomic mass is 10.1. The maximum Gasteiger partial charge on any atom is 0.257 e. The Balaban J connectivity index is 1.59. The van der Waals surface area contributed by atoms with Crippen LogP contribution >= 0.6 is 11.6 Å². The van der Waals surface area contributed by atoms with Gasteiger partial charge in [0.2, 0.25) is 12.3 Å². The van der Waals surface area contributed by atoms with E-state index >= 15 is 0 Å². The molecule has 1 amide bonds. The van der Waals surface area contributed by atoms with Gasteiger partial charge in [-0.05, 0) is 24.3 Å². The van der Waals surface area contributed by atoms with Crippen LogP contribution in [0, 0.1) is 0 Å². The van der Waals surface area contributed by atoms with E-state index in [1.165, 1.54) is 6.39 Å². The number of anilines is 1. The highest BCUT2D eigenvalue weighted by Gasteiger charge is 2.19. The Morgan fingerprint density at radius 2 is 1.92 bits per heavy atom. The Labute approximate surface area is 147 Å². The van der Waals surface area contributed by atoms with E-state index in [1.807, 2.05) is 0 Å². The van der Waals surface area contributed by atoms with E-state index in [0.29, 0.717) is 47.4 Å². The molecule has 0 saturated heterocycles. The minimum absolute atomic E-state index is 0.287. The molecule has 0 saturated carbocycles. The molecular formula is C17H12ClN3O4. The minimum Gasteiger partial charge on any atom is -0.486 e. The highest BCUT2D eigenvalue weighted by molar-refractivity contribution is 6.34. The van der Waals surface area contributed by atoms with Crippen LogP contribution in [0.15, 0.2) is 47.2 Å². The third-order valence-electron chi connectivity index (χ3n) is 3.60. The number of ether oxygens (including phenoxy) is 2. The molecule has 1 aromatic heterocycles. The SMILES string of the molecule is O=C(Nc1cccc(-c2nnco2)c1)c1cc2c(cc1Cl)OCCO2. The summed E-state index contributed by atoms with van der Waals surface area (Å²) in [5.74, 6) is 1.05. The molecule has 0 atom stereocenters. The number of carbonyl (C=O) groups is 1. The van der Waals surface area contributed by atoms with Crippen LogP contribution in [-0.2, 0) is 0 Å². The number of hydrogen-bond acceptors (Lipinski definition) is 6. The van der Waals surface area contributed by atoms with Crippen LogP contribution in [0.1, 0.15) is 10.4 Å². The first-order valence-corrected chi connectivity index (χ1v) is 7.85. The van der Waals surface area contributed by atoms with Gasteiger partial charge in [0.15, 0.2) is 11.5 Å². The van der Waals surface area contributed by atoms with Gasteiger partial charge in [0, 0.05) is 17.3 Å². The summed E-state index contributed by atoms with van der Waals surface area (Å²) < 4.78 is 16.1. The maximum atomic E-state index is 12.6. The minimum atomic E-state index is -0.357. The maximum absolute atomic E-state index is 12.6. The molecule has 8 heteroatoms. The van der Waals surface area contributed by atoms with Gasteiger partial charge in [-0.2, -0.15) is 0 Å². The molecule has 0 radical (unpaired) electrons. The molecule has 1 aliphatic heterocycles. The molecule has 0 spiro atoms. The van der Waals surface area contributed by atoms with E-state index in [-0.39, 0.29) is 10.9 Å². The number of hydrogen-bond donors (Lipinski definition) is 1. The Bertz CT molecular complexity index is 928. The van der Waals surface area contributed by atoms with Crippen molar-refractivity contribution in [2.45, 2.75) is 0 Å². The van der Waals surface area contributed by atoms with Gasteiger partial charge in [0.05, 0.1) is 10.6 Å². The van der Waals surface area contributed by atoms with Crippen molar-refractivity contribution in [3.05, 3.63) is 53.4 Å². The zero-order valence-electron chi connectivity index (χ0n) is 12.9. The summed E-state index contributed by atoms with van der Waals surface area (Å²) in [6.07, 6.45) is 1.25. The fourth-order valence-corrected chi connectivity index (χ4v) is 2.70. The largest absolute Gasteiger partial charge is 0.486 e. The highest BCUT2D eigenvalue weighted by Crippen LogP contribution is 2.35. The summed E-state index contributed by atoms with van der Waals surface area (Å²) in [7, 11) is 0. The van der Waals surface area contributed by atoms with Gasteiger partial charge >= 0.3 is 0 Å². The second-order valence-electron chi connectivity index (χ2n) is 5.25. The molecule has 1 N–H and O–H groups in total. The molecular weight excluding hydrogens is 346 g/mol. The quantitative estimate of drug-likeness (QED) is 0.773. The molecule has 3 aromatic rings. The molecule has 25 heavy (non-hydrogen) atoms. The second-order valence-corrected chi connectivity index (χ2v) is 5.66. The van der Waals surface area contributed by atoms with Crippen molar-refractivity contribution in [2.75, 3.05) is 18.5 Å². The zero-order valence-corrected chi connectivity index (χ0v) is 13.6. The summed E-state index contributed by atoms with van der Waals surface area (Å²) in [6.45, 7) is 0.888. The van der Waals surface area contributed by atoms with E-state index in [9.17, 15) is 4.79 Å². The molecule has 4 rings (SSSR count). The molecule has 0 aliphatic carbocycles. The Morgan fingerprint density at radius 3 is 2.68 bits per heavy atom. The number of halogens is 1.